The van der Waals surface area contributed by atoms with E-state index in [-0.39, 0.29) is 6.54 Å². The van der Waals surface area contributed by atoms with E-state index < -0.39 is 5.97 Å². The van der Waals surface area contributed by atoms with Crippen molar-refractivity contribution in [2.75, 3.05) is 6.54 Å². The van der Waals surface area contributed by atoms with Gasteiger partial charge < -0.3 is 5.11 Å². The molecule has 2 saturated carbocycles. The highest BCUT2D eigenvalue weighted by molar-refractivity contribution is 5.69. The molecule has 2 atom stereocenters. The third-order valence-electron chi connectivity index (χ3n) is 4.72. The van der Waals surface area contributed by atoms with Gasteiger partial charge in [-0.05, 0) is 37.2 Å². The molecule has 2 aliphatic carbocycles. The molecule has 3 nitrogen and oxygen atoms in total. The van der Waals surface area contributed by atoms with E-state index in [1.54, 1.807) is 0 Å². The Bertz CT molecular complexity index is 455. The minimum absolute atomic E-state index is 0.207. The highest BCUT2D eigenvalue weighted by Crippen LogP contribution is 2.40. The first-order valence-electron chi connectivity index (χ1n) is 7.78. The van der Waals surface area contributed by atoms with E-state index in [2.05, 4.69) is 35.2 Å². The van der Waals surface area contributed by atoms with Crippen molar-refractivity contribution in [1.29, 1.82) is 0 Å². The molecule has 3 heteroatoms. The first-order chi connectivity index (χ1) is 9.75. The van der Waals surface area contributed by atoms with Gasteiger partial charge in [-0.1, -0.05) is 43.2 Å². The van der Waals surface area contributed by atoms with Crippen molar-refractivity contribution in [3.05, 3.63) is 35.9 Å². The summed E-state index contributed by atoms with van der Waals surface area (Å²) >= 11 is 0. The summed E-state index contributed by atoms with van der Waals surface area (Å²) in [5.74, 6) is -0.181. The molecule has 0 spiro atoms. The molecular formula is C17H23NO2. The molecule has 2 fully saturated rings. The summed E-state index contributed by atoms with van der Waals surface area (Å²) in [6.07, 6.45) is 7.18. The first kappa shape index (κ1) is 13.6. The number of benzene rings is 1. The van der Waals surface area contributed by atoms with Gasteiger partial charge in [0, 0.05) is 12.1 Å². The lowest BCUT2D eigenvalue weighted by molar-refractivity contribution is -0.139. The Kier molecular flexibility index (Phi) is 4.06. The third kappa shape index (κ3) is 3.04. The molecule has 0 saturated heterocycles. The molecule has 2 aliphatic rings. The van der Waals surface area contributed by atoms with Gasteiger partial charge >= 0.3 is 5.97 Å². The second-order valence-corrected chi connectivity index (χ2v) is 6.17. The summed E-state index contributed by atoms with van der Waals surface area (Å²) < 4.78 is 0. The van der Waals surface area contributed by atoms with E-state index in [1.165, 1.54) is 37.7 Å². The van der Waals surface area contributed by atoms with Crippen LogP contribution in [-0.2, 0) is 4.79 Å². The third-order valence-corrected chi connectivity index (χ3v) is 4.72. The molecule has 108 valence electrons. The lowest BCUT2D eigenvalue weighted by Gasteiger charge is -2.40. The van der Waals surface area contributed by atoms with Crippen molar-refractivity contribution in [3.63, 3.8) is 0 Å². The van der Waals surface area contributed by atoms with Crippen LogP contribution in [0.4, 0.5) is 0 Å². The number of hydrogen-bond donors (Lipinski definition) is 1. The summed E-state index contributed by atoms with van der Waals surface area (Å²) in [7, 11) is 0. The molecule has 20 heavy (non-hydrogen) atoms. The van der Waals surface area contributed by atoms with E-state index in [1.807, 2.05) is 0 Å². The Hall–Kier alpha value is -1.35. The van der Waals surface area contributed by atoms with Gasteiger partial charge in [-0.15, -0.1) is 0 Å². The molecule has 0 aliphatic heterocycles. The lowest BCUT2D eigenvalue weighted by atomic mass is 9.79. The molecule has 1 aromatic carbocycles. The predicted molar refractivity (Wildman–Crippen MR) is 78.8 cm³/mol. The van der Waals surface area contributed by atoms with E-state index >= 15 is 0 Å². The summed E-state index contributed by atoms with van der Waals surface area (Å²) in [6.45, 7) is 0.207. The summed E-state index contributed by atoms with van der Waals surface area (Å²) in [4.78, 5) is 13.5. The van der Waals surface area contributed by atoms with Gasteiger partial charge in [-0.2, -0.15) is 0 Å². The van der Waals surface area contributed by atoms with Crippen molar-refractivity contribution in [3.8, 4) is 0 Å². The first-order valence-corrected chi connectivity index (χ1v) is 7.78. The van der Waals surface area contributed by atoms with E-state index in [4.69, 9.17) is 0 Å². The summed E-state index contributed by atoms with van der Waals surface area (Å²) in [6, 6.07) is 11.6. The molecule has 1 aromatic rings. The van der Waals surface area contributed by atoms with Crippen LogP contribution in [0.5, 0.6) is 0 Å². The zero-order valence-corrected chi connectivity index (χ0v) is 11.9. The quantitative estimate of drug-likeness (QED) is 0.895. The maximum atomic E-state index is 11.2. The van der Waals surface area contributed by atoms with Crippen LogP contribution >= 0.6 is 0 Å². The van der Waals surface area contributed by atoms with E-state index in [0.717, 1.165) is 6.42 Å². The highest BCUT2D eigenvalue weighted by Gasteiger charge is 2.39. The van der Waals surface area contributed by atoms with Crippen molar-refractivity contribution < 1.29 is 9.90 Å². The van der Waals surface area contributed by atoms with Crippen molar-refractivity contribution in [2.24, 2.45) is 0 Å². The Labute approximate surface area is 120 Å². The molecule has 0 radical (unpaired) electrons. The molecule has 0 aromatic heterocycles. The van der Waals surface area contributed by atoms with Gasteiger partial charge in [-0.25, -0.2) is 0 Å². The molecular weight excluding hydrogens is 250 g/mol. The van der Waals surface area contributed by atoms with E-state index in [0.29, 0.717) is 18.0 Å². The predicted octanol–water partition coefficient (Wildman–Crippen LogP) is 3.26. The topological polar surface area (TPSA) is 40.5 Å². The number of aliphatic carboxylic acids is 1. The van der Waals surface area contributed by atoms with Gasteiger partial charge in [-0.3, -0.25) is 9.69 Å². The zero-order chi connectivity index (χ0) is 13.9. The van der Waals surface area contributed by atoms with Gasteiger partial charge in [0.1, 0.15) is 0 Å². The minimum atomic E-state index is -0.686. The number of carboxylic acid groups (broad SMARTS) is 1. The maximum absolute atomic E-state index is 11.2. The fraction of sp³-hybridized carbons (Fsp3) is 0.588. The monoisotopic (exact) mass is 273 g/mol. The highest BCUT2D eigenvalue weighted by atomic mass is 16.4. The number of nitrogens with zero attached hydrogens (tertiary/aromatic N) is 1. The maximum Gasteiger partial charge on any atom is 0.317 e. The van der Waals surface area contributed by atoms with Crippen molar-refractivity contribution in [2.45, 2.75) is 56.5 Å². The summed E-state index contributed by atoms with van der Waals surface area (Å²) in [5, 5.41) is 9.21. The fourth-order valence-corrected chi connectivity index (χ4v) is 3.68. The Morgan fingerprint density at radius 1 is 1.10 bits per heavy atom. The number of hydrogen-bond acceptors (Lipinski definition) is 2. The number of carbonyl (C=O) groups is 1. The zero-order valence-electron chi connectivity index (χ0n) is 11.9. The SMILES string of the molecule is O=C(O)CN(C1CC1)C1CCCCC1c1ccccc1. The van der Waals surface area contributed by atoms with Crippen LogP contribution in [0.1, 0.15) is 50.0 Å². The number of carboxylic acids is 1. The van der Waals surface area contributed by atoms with Crippen LogP contribution in [0.2, 0.25) is 0 Å². The molecule has 0 bridgehead atoms. The van der Waals surface area contributed by atoms with Gasteiger partial charge in [0.05, 0.1) is 6.54 Å². The molecule has 3 rings (SSSR count). The number of rotatable bonds is 5. The summed E-state index contributed by atoms with van der Waals surface area (Å²) in [5.41, 5.74) is 1.38. The second kappa shape index (κ2) is 5.96. The normalized spacial score (nSPS) is 26.6. The van der Waals surface area contributed by atoms with Crippen molar-refractivity contribution >= 4 is 5.97 Å². The average molecular weight is 273 g/mol. The molecule has 1 N–H and O–H groups in total. The smallest absolute Gasteiger partial charge is 0.317 e. The van der Waals surface area contributed by atoms with Crippen LogP contribution in [0, 0.1) is 0 Å². The lowest BCUT2D eigenvalue weighted by Crippen LogP contribution is -2.45. The van der Waals surface area contributed by atoms with Crippen LogP contribution in [0.3, 0.4) is 0 Å². The van der Waals surface area contributed by atoms with Crippen LogP contribution in [-0.4, -0.2) is 34.6 Å². The Morgan fingerprint density at radius 2 is 1.80 bits per heavy atom. The standard InChI is InChI=1S/C17H23NO2/c19-17(20)12-18(14-10-11-14)16-9-5-4-8-15(16)13-6-2-1-3-7-13/h1-3,6-7,14-16H,4-5,8-12H2,(H,19,20). The molecule has 2 unspecified atom stereocenters. The largest absolute Gasteiger partial charge is 0.480 e. The van der Waals surface area contributed by atoms with Crippen LogP contribution in [0.15, 0.2) is 30.3 Å². The average Bonchev–Trinajstić information content (AvgIpc) is 3.30. The molecule has 0 amide bonds. The van der Waals surface area contributed by atoms with Crippen LogP contribution in [0.25, 0.3) is 0 Å². The minimum Gasteiger partial charge on any atom is -0.480 e. The second-order valence-electron chi connectivity index (χ2n) is 6.17. The van der Waals surface area contributed by atoms with Gasteiger partial charge in [0.25, 0.3) is 0 Å². The molecule has 0 heterocycles. The van der Waals surface area contributed by atoms with Gasteiger partial charge in [0.15, 0.2) is 0 Å². The van der Waals surface area contributed by atoms with E-state index in [9.17, 15) is 9.90 Å². The van der Waals surface area contributed by atoms with Crippen LogP contribution < -0.4 is 0 Å². The van der Waals surface area contributed by atoms with Gasteiger partial charge in [0.2, 0.25) is 0 Å². The Balaban J connectivity index is 1.81. The van der Waals surface area contributed by atoms with Crippen molar-refractivity contribution in [1.82, 2.24) is 4.90 Å². The fourth-order valence-electron chi connectivity index (χ4n) is 3.68. The Morgan fingerprint density at radius 3 is 2.45 bits per heavy atom.